The van der Waals surface area contributed by atoms with E-state index < -0.39 is 6.04 Å². The highest BCUT2D eigenvalue weighted by Crippen LogP contribution is 2.43. The Morgan fingerprint density at radius 2 is 1.93 bits per heavy atom. The van der Waals surface area contributed by atoms with Gasteiger partial charge in [-0.25, -0.2) is 11.4 Å². The van der Waals surface area contributed by atoms with Crippen LogP contribution in [0.3, 0.4) is 0 Å². The molecule has 1 saturated carbocycles. The number of hydrazine groups is 1. The van der Waals surface area contributed by atoms with Gasteiger partial charge in [-0.3, -0.25) is 9.59 Å². The Morgan fingerprint density at radius 3 is 2.71 bits per heavy atom. The molecule has 0 spiro atoms. The summed E-state index contributed by atoms with van der Waals surface area (Å²) in [4.78, 5) is 31.0. The number of likely N-dealkylation sites (tertiary alicyclic amines) is 1. The van der Waals surface area contributed by atoms with E-state index in [0.717, 1.165) is 42.2 Å². The van der Waals surface area contributed by atoms with Gasteiger partial charge in [-0.15, -0.1) is 0 Å². The molecule has 0 radical (unpaired) electrons. The maximum absolute atomic E-state index is 14.4. The second-order valence-corrected chi connectivity index (χ2v) is 11.7. The van der Waals surface area contributed by atoms with Crippen LogP contribution in [-0.2, 0) is 22.6 Å². The lowest BCUT2D eigenvalue weighted by molar-refractivity contribution is -0.142. The molecule has 2 aliphatic heterocycles. The standard InChI is InChI=1S/C30H36ClN7O4/c31-22-11-12-26(41-17-23-21-8-3-4-9-25(21)42-35-23)28-20(22)13-15-38(24(28)16-37-14-5-10-27(37)39)30(40)19-7-2-1-6-18(19)29(32)34-36-33/h3-4,8-9,11-12,18-19,24,36H,1-2,5-7,10,13-17,33H2,(H2,32,34). The molecule has 42 heavy (non-hydrogen) atoms. The summed E-state index contributed by atoms with van der Waals surface area (Å²) in [5.41, 5.74) is 11.7. The fraction of sp³-hybridized carbons (Fsp3) is 0.467. The Labute approximate surface area is 249 Å². The van der Waals surface area contributed by atoms with E-state index in [9.17, 15) is 9.59 Å². The van der Waals surface area contributed by atoms with E-state index in [4.69, 9.17) is 32.4 Å². The van der Waals surface area contributed by atoms with E-state index in [-0.39, 0.29) is 30.3 Å². The smallest absolute Gasteiger partial charge is 0.227 e. The second kappa shape index (κ2) is 12.2. The molecule has 3 heterocycles. The number of amides is 2. The van der Waals surface area contributed by atoms with Gasteiger partial charge in [-0.1, -0.05) is 41.7 Å². The van der Waals surface area contributed by atoms with E-state index in [1.54, 1.807) is 0 Å². The van der Waals surface area contributed by atoms with Gasteiger partial charge in [0.05, 0.1) is 6.04 Å². The number of ether oxygens (including phenoxy) is 1. The minimum Gasteiger partial charge on any atom is -0.487 e. The Kier molecular flexibility index (Phi) is 8.21. The third-order valence-electron chi connectivity index (χ3n) is 8.89. The fourth-order valence-corrected chi connectivity index (χ4v) is 7.06. The Morgan fingerprint density at radius 1 is 1.12 bits per heavy atom. The molecular weight excluding hydrogens is 558 g/mol. The maximum atomic E-state index is 14.4. The molecule has 3 aliphatic rings. The van der Waals surface area contributed by atoms with E-state index in [0.29, 0.717) is 66.8 Å². The molecule has 12 heteroatoms. The molecule has 222 valence electrons. The van der Waals surface area contributed by atoms with Gasteiger partial charge in [0.15, 0.2) is 5.58 Å². The lowest BCUT2D eigenvalue weighted by Crippen LogP contribution is -2.50. The van der Waals surface area contributed by atoms with Crippen LogP contribution in [0.5, 0.6) is 5.75 Å². The van der Waals surface area contributed by atoms with Crippen molar-refractivity contribution < 1.29 is 18.8 Å². The summed E-state index contributed by atoms with van der Waals surface area (Å²) < 4.78 is 11.9. The molecule has 3 atom stereocenters. The highest BCUT2D eigenvalue weighted by Gasteiger charge is 2.42. The van der Waals surface area contributed by atoms with E-state index >= 15 is 0 Å². The van der Waals surface area contributed by atoms with Crippen LogP contribution < -0.4 is 21.8 Å². The van der Waals surface area contributed by atoms with E-state index in [1.165, 1.54) is 0 Å². The molecule has 2 aromatic carbocycles. The molecule has 11 nitrogen and oxygen atoms in total. The van der Waals surface area contributed by atoms with Crippen molar-refractivity contribution in [1.29, 1.82) is 0 Å². The number of carbonyl (C=O) groups is 2. The first-order chi connectivity index (χ1) is 20.5. The van der Waals surface area contributed by atoms with Crippen LogP contribution in [0.4, 0.5) is 0 Å². The Balaban J connectivity index is 1.36. The highest BCUT2D eigenvalue weighted by atomic mass is 35.5. The summed E-state index contributed by atoms with van der Waals surface area (Å²) in [5.74, 6) is 5.92. The van der Waals surface area contributed by atoms with Crippen LogP contribution in [0, 0.1) is 11.8 Å². The fourth-order valence-electron chi connectivity index (χ4n) is 6.80. The van der Waals surface area contributed by atoms with Crippen molar-refractivity contribution in [3.8, 4) is 5.75 Å². The molecule has 3 aromatic rings. The number of benzene rings is 2. The van der Waals surface area contributed by atoms with Gasteiger partial charge in [0.25, 0.3) is 0 Å². The zero-order valence-electron chi connectivity index (χ0n) is 23.4. The van der Waals surface area contributed by atoms with Gasteiger partial charge < -0.3 is 24.8 Å². The minimum absolute atomic E-state index is 0.00517. The molecule has 6 rings (SSSR count). The molecule has 1 aromatic heterocycles. The molecule has 0 bridgehead atoms. The molecule has 2 amide bonds. The Bertz CT molecular complexity index is 1510. The Hall–Kier alpha value is -3.83. The molecule has 5 N–H and O–H groups in total. The predicted molar refractivity (Wildman–Crippen MR) is 158 cm³/mol. The summed E-state index contributed by atoms with van der Waals surface area (Å²) in [6.07, 6.45) is 5.25. The number of rotatable bonds is 8. The normalized spacial score (nSPS) is 22.9. The van der Waals surface area contributed by atoms with Crippen molar-refractivity contribution >= 4 is 40.2 Å². The van der Waals surface area contributed by atoms with Crippen LogP contribution >= 0.6 is 11.6 Å². The number of fused-ring (bicyclic) bond motifs is 2. The number of para-hydroxylation sites is 1. The number of carbonyl (C=O) groups excluding carboxylic acids is 2. The number of aromatic nitrogens is 1. The monoisotopic (exact) mass is 593 g/mol. The average molecular weight is 594 g/mol. The lowest BCUT2D eigenvalue weighted by atomic mass is 9.77. The number of amidine groups is 1. The van der Waals surface area contributed by atoms with Gasteiger partial charge >= 0.3 is 0 Å². The first-order valence-corrected chi connectivity index (χ1v) is 15.0. The first-order valence-electron chi connectivity index (χ1n) is 14.6. The highest BCUT2D eigenvalue weighted by molar-refractivity contribution is 6.31. The molecule has 1 saturated heterocycles. The van der Waals surface area contributed by atoms with Crippen LogP contribution in [-0.4, -0.2) is 52.2 Å². The summed E-state index contributed by atoms with van der Waals surface area (Å²) in [5, 5.41) is 9.73. The van der Waals surface area contributed by atoms with Crippen LogP contribution in [0.25, 0.3) is 11.0 Å². The van der Waals surface area contributed by atoms with Crippen LogP contribution in [0.2, 0.25) is 5.02 Å². The van der Waals surface area contributed by atoms with Gasteiger partial charge in [-0.05, 0) is 55.5 Å². The van der Waals surface area contributed by atoms with Gasteiger partial charge in [0.1, 0.15) is 23.9 Å². The summed E-state index contributed by atoms with van der Waals surface area (Å²) in [6, 6.07) is 10.9. The number of hydrazone groups is 1. The molecule has 1 aliphatic carbocycles. The van der Waals surface area contributed by atoms with E-state index in [1.807, 2.05) is 46.2 Å². The van der Waals surface area contributed by atoms with Crippen LogP contribution in [0.1, 0.15) is 61.4 Å². The number of nitrogens with two attached hydrogens (primary N) is 2. The maximum Gasteiger partial charge on any atom is 0.227 e. The van der Waals surface area contributed by atoms with Crippen molar-refractivity contribution in [2.45, 2.75) is 57.6 Å². The molecular formula is C30H36ClN7O4. The van der Waals surface area contributed by atoms with Crippen molar-refractivity contribution in [3.05, 3.63) is 58.2 Å². The number of nitrogens with zero attached hydrogens (tertiary/aromatic N) is 4. The third kappa shape index (κ3) is 5.38. The third-order valence-corrected chi connectivity index (χ3v) is 9.25. The lowest BCUT2D eigenvalue weighted by Gasteiger charge is -2.43. The molecule has 2 fully saturated rings. The number of hydrogen-bond donors (Lipinski definition) is 3. The van der Waals surface area contributed by atoms with Crippen molar-refractivity contribution in [2.75, 3.05) is 19.6 Å². The topological polar surface area (TPSA) is 152 Å². The number of hydrogen-bond acceptors (Lipinski definition) is 8. The summed E-state index contributed by atoms with van der Waals surface area (Å²) >= 11 is 6.76. The van der Waals surface area contributed by atoms with Crippen LogP contribution in [0.15, 0.2) is 46.0 Å². The number of nitrogens with one attached hydrogen (secondary N) is 1. The van der Waals surface area contributed by atoms with Gasteiger partial charge in [0, 0.05) is 53.9 Å². The largest absolute Gasteiger partial charge is 0.487 e. The second-order valence-electron chi connectivity index (χ2n) is 11.3. The van der Waals surface area contributed by atoms with Crippen molar-refractivity contribution in [3.63, 3.8) is 0 Å². The number of halogens is 1. The van der Waals surface area contributed by atoms with Gasteiger partial charge in [-0.2, -0.15) is 5.10 Å². The molecule has 3 unspecified atom stereocenters. The summed E-state index contributed by atoms with van der Waals surface area (Å²) in [7, 11) is 0. The summed E-state index contributed by atoms with van der Waals surface area (Å²) in [6.45, 7) is 1.68. The minimum atomic E-state index is -0.431. The average Bonchev–Trinajstić information content (AvgIpc) is 3.62. The van der Waals surface area contributed by atoms with Crippen molar-refractivity contribution in [2.24, 2.45) is 28.5 Å². The quantitative estimate of drug-likeness (QED) is 0.155. The predicted octanol–water partition coefficient (Wildman–Crippen LogP) is 3.65. The van der Waals surface area contributed by atoms with Crippen molar-refractivity contribution in [1.82, 2.24) is 20.5 Å². The zero-order valence-corrected chi connectivity index (χ0v) is 24.2. The van der Waals surface area contributed by atoms with Gasteiger partial charge in [0.2, 0.25) is 11.8 Å². The van der Waals surface area contributed by atoms with E-state index in [2.05, 4.69) is 15.8 Å². The SMILES string of the molecule is NN/N=C(\N)C1CCCCC1C(=O)N1CCc2c(Cl)ccc(OCc3noc4ccccc34)c2C1CN1CCCC1=O. The zero-order chi connectivity index (χ0) is 29.2. The first kappa shape index (κ1) is 28.3.